The highest BCUT2D eigenvalue weighted by Crippen LogP contribution is 2.31. The number of hydrogen-bond acceptors (Lipinski definition) is 4. The van der Waals surface area contributed by atoms with Crippen LogP contribution < -0.4 is 14.8 Å². The normalized spacial score (nSPS) is 15.7. The quantitative estimate of drug-likeness (QED) is 0.925. The van der Waals surface area contributed by atoms with Crippen LogP contribution in [0.15, 0.2) is 42.5 Å². The average Bonchev–Trinajstić information content (AvgIpc) is 2.56. The van der Waals surface area contributed by atoms with Crippen molar-refractivity contribution in [2.24, 2.45) is 0 Å². The molecule has 1 N–H and O–H groups in total. The Labute approximate surface area is 132 Å². The molecule has 22 heavy (non-hydrogen) atoms. The molecule has 0 spiro atoms. The fourth-order valence-corrected chi connectivity index (χ4v) is 2.22. The first kappa shape index (κ1) is 14.2. The van der Waals surface area contributed by atoms with Crippen LogP contribution in [-0.4, -0.2) is 18.6 Å². The summed E-state index contributed by atoms with van der Waals surface area (Å²) < 4.78 is 11.1. The van der Waals surface area contributed by atoms with E-state index in [1.165, 1.54) is 6.07 Å². The van der Waals surface area contributed by atoms with Gasteiger partial charge in [-0.3, -0.25) is 4.79 Å². The molecule has 0 fully saturated rings. The second kappa shape index (κ2) is 5.96. The highest BCUT2D eigenvalue weighted by molar-refractivity contribution is 6.31. The molecule has 1 atom stereocenters. The topological polar surface area (TPSA) is 71.4 Å². The van der Waals surface area contributed by atoms with Crippen molar-refractivity contribution in [1.82, 2.24) is 0 Å². The Hall–Kier alpha value is -2.71. The third-order valence-corrected chi connectivity index (χ3v) is 3.48. The van der Waals surface area contributed by atoms with E-state index in [0.717, 1.165) is 0 Å². The number of rotatable bonds is 2. The minimum absolute atomic E-state index is 0.127. The van der Waals surface area contributed by atoms with Crippen LogP contribution in [0, 0.1) is 11.3 Å². The molecule has 1 amide bonds. The summed E-state index contributed by atoms with van der Waals surface area (Å²) in [6, 6.07) is 13.8. The van der Waals surface area contributed by atoms with Gasteiger partial charge in [-0.2, -0.15) is 5.26 Å². The Bertz CT molecular complexity index is 770. The minimum Gasteiger partial charge on any atom is -0.485 e. The van der Waals surface area contributed by atoms with Gasteiger partial charge in [0.1, 0.15) is 12.7 Å². The van der Waals surface area contributed by atoms with Crippen LogP contribution in [0.5, 0.6) is 11.5 Å². The summed E-state index contributed by atoms with van der Waals surface area (Å²) in [7, 11) is 0. The van der Waals surface area contributed by atoms with Gasteiger partial charge in [-0.15, -0.1) is 0 Å². The molecule has 2 aromatic rings. The van der Waals surface area contributed by atoms with E-state index in [1.807, 2.05) is 12.1 Å². The minimum atomic E-state index is -0.754. The molecule has 1 heterocycles. The average molecular weight is 315 g/mol. The molecule has 3 rings (SSSR count). The Kier molecular flexibility index (Phi) is 3.86. The Morgan fingerprint density at radius 3 is 2.82 bits per heavy atom. The van der Waals surface area contributed by atoms with Gasteiger partial charge >= 0.3 is 0 Å². The number of carbonyl (C=O) groups excluding carboxylic acids is 1. The van der Waals surface area contributed by atoms with Crippen LogP contribution in [0.1, 0.15) is 5.56 Å². The highest BCUT2D eigenvalue weighted by Gasteiger charge is 2.27. The maximum atomic E-state index is 12.2. The number of nitrogens with zero attached hydrogens (tertiary/aromatic N) is 1. The maximum absolute atomic E-state index is 12.2. The smallest absolute Gasteiger partial charge is 0.269 e. The molecule has 1 aliphatic heterocycles. The van der Waals surface area contributed by atoms with Crippen LogP contribution in [-0.2, 0) is 4.79 Å². The summed E-state index contributed by atoms with van der Waals surface area (Å²) in [5.41, 5.74) is 0.777. The lowest BCUT2D eigenvalue weighted by Gasteiger charge is -2.25. The van der Waals surface area contributed by atoms with Crippen molar-refractivity contribution in [2.75, 3.05) is 11.9 Å². The number of ether oxygens (including phenoxy) is 2. The SMILES string of the molecule is N#Cc1cc(NC(=O)C2COc3ccccc3O2)ccc1Cl. The number of nitrogens with one attached hydrogen (secondary N) is 1. The van der Waals surface area contributed by atoms with Gasteiger partial charge in [-0.1, -0.05) is 23.7 Å². The zero-order chi connectivity index (χ0) is 15.5. The van der Waals surface area contributed by atoms with Gasteiger partial charge in [0, 0.05) is 5.69 Å². The summed E-state index contributed by atoms with van der Waals surface area (Å²) >= 11 is 5.86. The number of halogens is 1. The lowest BCUT2D eigenvalue weighted by molar-refractivity contribution is -0.125. The number of hydrogen-bond donors (Lipinski definition) is 1. The number of carbonyl (C=O) groups is 1. The second-order valence-corrected chi connectivity index (χ2v) is 5.07. The molecule has 6 heteroatoms. The van der Waals surface area contributed by atoms with Gasteiger partial charge in [0.05, 0.1) is 10.6 Å². The van der Waals surface area contributed by atoms with E-state index in [4.69, 9.17) is 26.3 Å². The van der Waals surface area contributed by atoms with E-state index in [-0.39, 0.29) is 12.5 Å². The fraction of sp³-hybridized carbons (Fsp3) is 0.125. The molecule has 2 aromatic carbocycles. The van der Waals surface area contributed by atoms with E-state index in [2.05, 4.69) is 5.32 Å². The van der Waals surface area contributed by atoms with Gasteiger partial charge in [-0.05, 0) is 30.3 Å². The van der Waals surface area contributed by atoms with Crippen LogP contribution in [0.4, 0.5) is 5.69 Å². The Morgan fingerprint density at radius 1 is 1.27 bits per heavy atom. The van der Waals surface area contributed by atoms with Crippen molar-refractivity contribution in [2.45, 2.75) is 6.10 Å². The monoisotopic (exact) mass is 314 g/mol. The number of anilines is 1. The van der Waals surface area contributed by atoms with Gasteiger partial charge < -0.3 is 14.8 Å². The zero-order valence-corrected chi connectivity index (χ0v) is 12.1. The number of benzene rings is 2. The van der Waals surface area contributed by atoms with E-state index in [0.29, 0.717) is 27.8 Å². The van der Waals surface area contributed by atoms with Crippen molar-refractivity contribution < 1.29 is 14.3 Å². The first-order valence-corrected chi connectivity index (χ1v) is 6.94. The van der Waals surface area contributed by atoms with E-state index in [1.54, 1.807) is 30.3 Å². The van der Waals surface area contributed by atoms with Crippen molar-refractivity contribution in [3.05, 3.63) is 53.1 Å². The Balaban J connectivity index is 1.72. The molecular weight excluding hydrogens is 304 g/mol. The number of para-hydroxylation sites is 2. The lowest BCUT2D eigenvalue weighted by Crippen LogP contribution is -2.40. The first-order chi connectivity index (χ1) is 10.7. The predicted molar refractivity (Wildman–Crippen MR) is 81.1 cm³/mol. The van der Waals surface area contributed by atoms with Crippen LogP contribution in [0.3, 0.4) is 0 Å². The van der Waals surface area contributed by atoms with Crippen LogP contribution in [0.25, 0.3) is 0 Å². The number of amides is 1. The standard InChI is InChI=1S/C16H11ClN2O3/c17-12-6-5-11(7-10(12)8-18)19-16(20)15-9-21-13-3-1-2-4-14(13)22-15/h1-7,15H,9H2,(H,19,20). The molecular formula is C16H11ClN2O3. The van der Waals surface area contributed by atoms with Crippen molar-refractivity contribution >= 4 is 23.2 Å². The molecule has 0 radical (unpaired) electrons. The lowest BCUT2D eigenvalue weighted by atomic mass is 10.2. The first-order valence-electron chi connectivity index (χ1n) is 6.56. The predicted octanol–water partition coefficient (Wildman–Crippen LogP) is 2.99. The third-order valence-electron chi connectivity index (χ3n) is 3.16. The molecule has 1 aliphatic rings. The molecule has 0 aliphatic carbocycles. The fourth-order valence-electron chi connectivity index (χ4n) is 2.06. The number of nitriles is 1. The molecule has 0 aromatic heterocycles. The molecule has 0 saturated carbocycles. The zero-order valence-electron chi connectivity index (χ0n) is 11.4. The summed E-state index contributed by atoms with van der Waals surface area (Å²) in [4.78, 5) is 12.2. The van der Waals surface area contributed by atoms with Crippen molar-refractivity contribution in [3.8, 4) is 17.6 Å². The molecule has 5 nitrogen and oxygen atoms in total. The van der Waals surface area contributed by atoms with Gasteiger partial charge in [0.15, 0.2) is 11.5 Å². The molecule has 0 saturated heterocycles. The van der Waals surface area contributed by atoms with Crippen LogP contribution >= 0.6 is 11.6 Å². The summed E-state index contributed by atoms with van der Waals surface area (Å²) in [6.45, 7) is 0.127. The van der Waals surface area contributed by atoms with E-state index >= 15 is 0 Å². The molecule has 110 valence electrons. The second-order valence-electron chi connectivity index (χ2n) is 4.66. The summed E-state index contributed by atoms with van der Waals surface area (Å²) in [6.07, 6.45) is -0.754. The Morgan fingerprint density at radius 2 is 2.05 bits per heavy atom. The van der Waals surface area contributed by atoms with E-state index in [9.17, 15) is 4.79 Å². The van der Waals surface area contributed by atoms with Gasteiger partial charge in [0.2, 0.25) is 6.10 Å². The summed E-state index contributed by atoms with van der Waals surface area (Å²) in [5.74, 6) is 0.799. The van der Waals surface area contributed by atoms with Crippen molar-refractivity contribution in [1.29, 1.82) is 5.26 Å². The summed E-state index contributed by atoms with van der Waals surface area (Å²) in [5, 5.41) is 12.0. The van der Waals surface area contributed by atoms with Crippen molar-refractivity contribution in [3.63, 3.8) is 0 Å². The van der Waals surface area contributed by atoms with Gasteiger partial charge in [-0.25, -0.2) is 0 Å². The molecule has 1 unspecified atom stereocenters. The number of fused-ring (bicyclic) bond motifs is 1. The van der Waals surface area contributed by atoms with Gasteiger partial charge in [0.25, 0.3) is 5.91 Å². The maximum Gasteiger partial charge on any atom is 0.269 e. The highest BCUT2D eigenvalue weighted by atomic mass is 35.5. The largest absolute Gasteiger partial charge is 0.485 e. The third kappa shape index (κ3) is 2.83. The molecule has 0 bridgehead atoms. The van der Waals surface area contributed by atoms with E-state index < -0.39 is 6.10 Å². The van der Waals surface area contributed by atoms with Crippen LogP contribution in [0.2, 0.25) is 5.02 Å².